The Hall–Kier alpha value is -1.88. The predicted octanol–water partition coefficient (Wildman–Crippen LogP) is 7.87. The maximum atomic E-state index is 14.6. The van der Waals surface area contributed by atoms with Crippen LogP contribution >= 0.6 is 0 Å². The molecule has 2 aromatic carbocycles. The van der Waals surface area contributed by atoms with Gasteiger partial charge in [-0.15, -0.1) is 0 Å². The average molecular weight is 408 g/mol. The zero-order valence-electron chi connectivity index (χ0n) is 16.9. The largest absolute Gasteiger partial charge is 0.383 e. The molecule has 0 amide bonds. The van der Waals surface area contributed by atoms with Gasteiger partial charge in [-0.05, 0) is 67.7 Å². The highest BCUT2D eigenvalue weighted by Crippen LogP contribution is 2.39. The van der Waals surface area contributed by atoms with E-state index in [0.29, 0.717) is 5.92 Å². The zero-order valence-corrected chi connectivity index (χ0v) is 16.9. The van der Waals surface area contributed by atoms with Gasteiger partial charge in [0, 0.05) is 0 Å². The molecule has 1 aliphatic rings. The first-order valence-electron chi connectivity index (χ1n) is 10.4. The van der Waals surface area contributed by atoms with Crippen LogP contribution in [-0.2, 0) is 10.8 Å². The van der Waals surface area contributed by atoms with Gasteiger partial charge in [0.15, 0.2) is 11.6 Å². The van der Waals surface area contributed by atoms with E-state index in [1.54, 1.807) is 12.1 Å². The first-order valence-corrected chi connectivity index (χ1v) is 10.4. The van der Waals surface area contributed by atoms with Gasteiger partial charge >= 0.3 is 6.11 Å². The summed E-state index contributed by atoms with van der Waals surface area (Å²) >= 11 is 0. The standard InChI is InChI=1S/C24H28F4O/c1-3-4-17-5-7-18(8-6-17)19-9-12-21(13-10-19)24(27,28)29-16(2)20-11-14-22(25)23(26)15-20/h9-18H,3-8H2,1-2H3. The van der Waals surface area contributed by atoms with Crippen molar-refractivity contribution in [3.8, 4) is 0 Å². The quantitative estimate of drug-likeness (QED) is 0.424. The van der Waals surface area contributed by atoms with Gasteiger partial charge in [0.05, 0.1) is 11.7 Å². The zero-order chi connectivity index (χ0) is 21.0. The Balaban J connectivity index is 1.64. The second-order valence-electron chi connectivity index (χ2n) is 8.08. The number of ether oxygens (including phenoxy) is 1. The van der Waals surface area contributed by atoms with Gasteiger partial charge in [-0.25, -0.2) is 8.78 Å². The fourth-order valence-corrected chi connectivity index (χ4v) is 4.27. The third kappa shape index (κ3) is 5.39. The van der Waals surface area contributed by atoms with Gasteiger partial charge in [0.1, 0.15) is 0 Å². The topological polar surface area (TPSA) is 9.23 Å². The van der Waals surface area contributed by atoms with Crippen molar-refractivity contribution >= 4 is 0 Å². The van der Waals surface area contributed by atoms with Crippen LogP contribution in [0.25, 0.3) is 0 Å². The van der Waals surface area contributed by atoms with Crippen molar-refractivity contribution in [1.29, 1.82) is 0 Å². The minimum absolute atomic E-state index is 0.157. The van der Waals surface area contributed by atoms with E-state index in [9.17, 15) is 17.6 Å². The van der Waals surface area contributed by atoms with Crippen molar-refractivity contribution in [1.82, 2.24) is 0 Å². The van der Waals surface area contributed by atoms with Gasteiger partial charge in [-0.1, -0.05) is 50.1 Å². The Bertz CT molecular complexity index is 795. The number of hydrogen-bond acceptors (Lipinski definition) is 1. The Kier molecular flexibility index (Phi) is 6.99. The smallest absolute Gasteiger partial charge is 0.309 e. The van der Waals surface area contributed by atoms with Gasteiger partial charge in [-0.3, -0.25) is 0 Å². The SMILES string of the molecule is CCCC1CCC(c2ccc(C(F)(F)OC(C)c3ccc(F)c(F)c3)cc2)CC1. The van der Waals surface area contributed by atoms with Crippen molar-refractivity contribution in [3.63, 3.8) is 0 Å². The van der Waals surface area contributed by atoms with Gasteiger partial charge in [0.25, 0.3) is 0 Å². The Labute approximate surface area is 170 Å². The summed E-state index contributed by atoms with van der Waals surface area (Å²) in [5.74, 6) is -0.884. The maximum Gasteiger partial charge on any atom is 0.383 e. The molecular formula is C24H28F4O. The van der Waals surface area contributed by atoms with E-state index in [4.69, 9.17) is 4.74 Å². The van der Waals surface area contributed by atoms with E-state index in [-0.39, 0.29) is 11.1 Å². The van der Waals surface area contributed by atoms with Crippen molar-refractivity contribution < 1.29 is 22.3 Å². The number of benzene rings is 2. The lowest BCUT2D eigenvalue weighted by Gasteiger charge is -2.29. The Morgan fingerprint density at radius 2 is 1.62 bits per heavy atom. The number of alkyl halides is 2. The number of halogens is 4. The number of rotatable bonds is 7. The van der Waals surface area contributed by atoms with Crippen LogP contribution in [-0.4, -0.2) is 0 Å². The lowest BCUT2D eigenvalue weighted by atomic mass is 9.77. The summed E-state index contributed by atoms with van der Waals surface area (Å²) in [6, 6.07) is 9.38. The minimum atomic E-state index is -3.53. The van der Waals surface area contributed by atoms with E-state index in [1.807, 2.05) is 0 Å². The molecule has 0 aliphatic heterocycles. The molecular weight excluding hydrogens is 380 g/mol. The van der Waals surface area contributed by atoms with Crippen LogP contribution in [0.5, 0.6) is 0 Å². The highest BCUT2D eigenvalue weighted by molar-refractivity contribution is 5.28. The lowest BCUT2D eigenvalue weighted by molar-refractivity contribution is -0.272. The molecule has 29 heavy (non-hydrogen) atoms. The van der Waals surface area contributed by atoms with Crippen LogP contribution in [0, 0.1) is 17.6 Å². The number of hydrogen-bond donors (Lipinski definition) is 0. The molecule has 5 heteroatoms. The van der Waals surface area contributed by atoms with Crippen LogP contribution in [0.2, 0.25) is 0 Å². The fraction of sp³-hybridized carbons (Fsp3) is 0.500. The molecule has 1 atom stereocenters. The molecule has 0 aromatic heterocycles. The second-order valence-corrected chi connectivity index (χ2v) is 8.08. The molecule has 0 heterocycles. The van der Waals surface area contributed by atoms with Crippen LogP contribution in [0.4, 0.5) is 17.6 Å². The molecule has 1 nitrogen and oxygen atoms in total. The molecule has 0 saturated heterocycles. The second kappa shape index (κ2) is 9.29. The van der Waals surface area contributed by atoms with Gasteiger partial charge < -0.3 is 4.74 Å². The Morgan fingerprint density at radius 1 is 0.966 bits per heavy atom. The first kappa shape index (κ1) is 21.8. The van der Waals surface area contributed by atoms with Crippen molar-refractivity contribution in [2.24, 2.45) is 5.92 Å². The van der Waals surface area contributed by atoms with E-state index >= 15 is 0 Å². The molecule has 1 unspecified atom stereocenters. The molecule has 1 fully saturated rings. The summed E-state index contributed by atoms with van der Waals surface area (Å²) in [4.78, 5) is 0. The molecule has 0 radical (unpaired) electrons. The molecule has 0 bridgehead atoms. The summed E-state index contributed by atoms with van der Waals surface area (Å²) in [6.45, 7) is 3.60. The van der Waals surface area contributed by atoms with E-state index in [1.165, 1.54) is 50.8 Å². The summed E-state index contributed by atoms with van der Waals surface area (Å²) in [6.07, 6.45) is 2.47. The predicted molar refractivity (Wildman–Crippen MR) is 106 cm³/mol. The van der Waals surface area contributed by atoms with Crippen LogP contribution in [0.1, 0.15) is 81.1 Å². The third-order valence-corrected chi connectivity index (χ3v) is 6.00. The first-order chi connectivity index (χ1) is 13.8. The summed E-state index contributed by atoms with van der Waals surface area (Å²) in [5, 5.41) is 0. The van der Waals surface area contributed by atoms with Crippen LogP contribution < -0.4 is 0 Å². The monoisotopic (exact) mass is 408 g/mol. The van der Waals surface area contributed by atoms with Gasteiger partial charge in [0.2, 0.25) is 0 Å². The van der Waals surface area contributed by atoms with Crippen molar-refractivity contribution in [3.05, 3.63) is 70.8 Å². The highest BCUT2D eigenvalue weighted by Gasteiger charge is 2.35. The van der Waals surface area contributed by atoms with E-state index in [2.05, 4.69) is 6.92 Å². The van der Waals surface area contributed by atoms with E-state index < -0.39 is 23.8 Å². The minimum Gasteiger partial charge on any atom is -0.309 e. The normalized spacial score (nSPS) is 21.2. The van der Waals surface area contributed by atoms with E-state index in [0.717, 1.165) is 36.5 Å². The lowest BCUT2D eigenvalue weighted by Crippen LogP contribution is -2.21. The van der Waals surface area contributed by atoms with Crippen LogP contribution in [0.3, 0.4) is 0 Å². The third-order valence-electron chi connectivity index (χ3n) is 6.00. The molecule has 2 aromatic rings. The molecule has 158 valence electrons. The molecule has 0 spiro atoms. The average Bonchev–Trinajstić information content (AvgIpc) is 2.70. The van der Waals surface area contributed by atoms with Crippen molar-refractivity contribution in [2.45, 2.75) is 70.5 Å². The molecule has 3 rings (SSSR count). The van der Waals surface area contributed by atoms with Crippen molar-refractivity contribution in [2.75, 3.05) is 0 Å². The summed E-state index contributed by atoms with van der Waals surface area (Å²) in [5.41, 5.74) is 1.01. The highest BCUT2D eigenvalue weighted by atomic mass is 19.3. The molecule has 1 aliphatic carbocycles. The van der Waals surface area contributed by atoms with Gasteiger partial charge in [-0.2, -0.15) is 8.78 Å². The Morgan fingerprint density at radius 3 is 2.21 bits per heavy atom. The fourth-order valence-electron chi connectivity index (χ4n) is 4.27. The molecule has 1 saturated carbocycles. The maximum absolute atomic E-state index is 14.6. The summed E-state index contributed by atoms with van der Waals surface area (Å²) in [7, 11) is 0. The van der Waals surface area contributed by atoms with Crippen LogP contribution in [0.15, 0.2) is 42.5 Å². The molecule has 0 N–H and O–H groups in total. The summed E-state index contributed by atoms with van der Waals surface area (Å²) < 4.78 is 60.5.